The van der Waals surface area contributed by atoms with Crippen molar-refractivity contribution in [1.82, 2.24) is 4.98 Å². The summed E-state index contributed by atoms with van der Waals surface area (Å²) in [5, 5.41) is 9.03. The van der Waals surface area contributed by atoms with Crippen molar-refractivity contribution in [3.05, 3.63) is 30.5 Å². The molecule has 0 saturated carbocycles. The number of pyridine rings is 1. The molecular formula is C12H16N4O2S. The summed E-state index contributed by atoms with van der Waals surface area (Å²) < 4.78 is 21.6. The molecule has 2 rings (SSSR count). The zero-order valence-electron chi connectivity index (χ0n) is 10.3. The quantitative estimate of drug-likeness (QED) is 0.557. The molecular weight excluding hydrogens is 264 g/mol. The third kappa shape index (κ3) is 3.55. The van der Waals surface area contributed by atoms with Gasteiger partial charge < -0.3 is 11.1 Å². The molecule has 102 valence electrons. The zero-order valence-corrected chi connectivity index (χ0v) is 11.2. The van der Waals surface area contributed by atoms with Gasteiger partial charge in [0, 0.05) is 23.8 Å². The van der Waals surface area contributed by atoms with Crippen molar-refractivity contribution in [2.45, 2.75) is 6.42 Å². The van der Waals surface area contributed by atoms with Crippen LogP contribution in [0.25, 0.3) is 10.9 Å². The fourth-order valence-corrected chi connectivity index (χ4v) is 2.39. The van der Waals surface area contributed by atoms with E-state index < -0.39 is 10.0 Å². The molecule has 0 bridgehead atoms. The predicted octanol–water partition coefficient (Wildman–Crippen LogP) is 0.907. The predicted molar refractivity (Wildman–Crippen MR) is 77.2 cm³/mol. The molecule has 0 saturated heterocycles. The van der Waals surface area contributed by atoms with E-state index in [9.17, 15) is 8.42 Å². The smallest absolute Gasteiger partial charge is 0.209 e. The number of nitrogens with two attached hydrogens (primary N) is 2. The molecule has 6 nitrogen and oxygen atoms in total. The molecule has 0 aliphatic rings. The van der Waals surface area contributed by atoms with Crippen molar-refractivity contribution in [1.29, 1.82) is 0 Å². The minimum absolute atomic E-state index is 0.0366. The average molecular weight is 280 g/mol. The van der Waals surface area contributed by atoms with Crippen LogP contribution in [-0.2, 0) is 10.0 Å². The third-order valence-corrected chi connectivity index (χ3v) is 3.58. The first kappa shape index (κ1) is 13.6. The topological polar surface area (TPSA) is 111 Å². The number of hydrogen-bond acceptors (Lipinski definition) is 5. The Labute approximate surface area is 111 Å². The van der Waals surface area contributed by atoms with Gasteiger partial charge in [0.1, 0.15) is 0 Å². The molecule has 1 aromatic carbocycles. The van der Waals surface area contributed by atoms with Crippen LogP contribution in [0.3, 0.4) is 0 Å². The number of hydrogen-bond donors (Lipinski definition) is 3. The van der Waals surface area contributed by atoms with Crippen LogP contribution >= 0.6 is 0 Å². The molecule has 0 spiro atoms. The van der Waals surface area contributed by atoms with Gasteiger partial charge >= 0.3 is 0 Å². The number of nitrogens with zero attached hydrogens (tertiary/aromatic N) is 1. The van der Waals surface area contributed by atoms with E-state index in [0.717, 1.165) is 16.6 Å². The molecule has 0 fully saturated rings. The summed E-state index contributed by atoms with van der Waals surface area (Å²) in [6.45, 7) is 0.518. The van der Waals surface area contributed by atoms with E-state index >= 15 is 0 Å². The molecule has 5 N–H and O–H groups in total. The molecule has 0 aliphatic heterocycles. The molecule has 0 amide bonds. The Hall–Kier alpha value is -1.86. The van der Waals surface area contributed by atoms with Crippen molar-refractivity contribution in [2.24, 2.45) is 5.14 Å². The number of sulfonamides is 1. The van der Waals surface area contributed by atoms with Gasteiger partial charge in [-0.2, -0.15) is 0 Å². The molecule has 0 aliphatic carbocycles. The van der Waals surface area contributed by atoms with Gasteiger partial charge in [0.2, 0.25) is 10.0 Å². The SMILES string of the molecule is Nc1ccc(NCCCS(N)(=O)=O)c2cccnc12. The standard InChI is InChI=1S/C12H16N4O2S/c13-10-4-5-11(9-3-1-6-16-12(9)10)15-7-2-8-19(14,17)18/h1,3-6,15H,2,7-8,13H2,(H2,14,17,18). The Morgan fingerprint density at radius 1 is 1.26 bits per heavy atom. The van der Waals surface area contributed by atoms with Gasteiger partial charge in [-0.3, -0.25) is 4.98 Å². The summed E-state index contributed by atoms with van der Waals surface area (Å²) in [5.74, 6) is -0.0366. The average Bonchev–Trinajstić information content (AvgIpc) is 2.36. The first-order valence-corrected chi connectivity index (χ1v) is 7.56. The largest absolute Gasteiger partial charge is 0.397 e. The lowest BCUT2D eigenvalue weighted by Crippen LogP contribution is -2.18. The van der Waals surface area contributed by atoms with Crippen LogP contribution in [0.1, 0.15) is 6.42 Å². The summed E-state index contributed by atoms with van der Waals surface area (Å²) >= 11 is 0. The minimum atomic E-state index is -3.40. The highest BCUT2D eigenvalue weighted by atomic mass is 32.2. The van der Waals surface area contributed by atoms with Crippen molar-refractivity contribution in [3.8, 4) is 0 Å². The van der Waals surface area contributed by atoms with Crippen LogP contribution in [0.5, 0.6) is 0 Å². The van der Waals surface area contributed by atoms with Crippen LogP contribution in [0, 0.1) is 0 Å². The Kier molecular flexibility index (Phi) is 3.87. The maximum atomic E-state index is 10.8. The van der Waals surface area contributed by atoms with E-state index in [1.807, 2.05) is 18.2 Å². The minimum Gasteiger partial charge on any atom is -0.397 e. The van der Waals surface area contributed by atoms with E-state index in [-0.39, 0.29) is 5.75 Å². The number of nitrogen functional groups attached to an aromatic ring is 1. The van der Waals surface area contributed by atoms with Crippen molar-refractivity contribution in [3.63, 3.8) is 0 Å². The first-order valence-electron chi connectivity index (χ1n) is 5.85. The second-order valence-electron chi connectivity index (χ2n) is 4.25. The maximum absolute atomic E-state index is 10.8. The Bertz CT molecular complexity index is 685. The number of benzene rings is 1. The van der Waals surface area contributed by atoms with Gasteiger partial charge in [0.25, 0.3) is 0 Å². The highest BCUT2D eigenvalue weighted by molar-refractivity contribution is 7.89. The monoisotopic (exact) mass is 280 g/mol. The van der Waals surface area contributed by atoms with Gasteiger partial charge in [0.05, 0.1) is 17.0 Å². The van der Waals surface area contributed by atoms with Gasteiger partial charge in [-0.05, 0) is 30.7 Å². The summed E-state index contributed by atoms with van der Waals surface area (Å²) in [4.78, 5) is 4.23. The number of nitrogens with one attached hydrogen (secondary N) is 1. The maximum Gasteiger partial charge on any atom is 0.209 e. The number of fused-ring (bicyclic) bond motifs is 1. The third-order valence-electron chi connectivity index (χ3n) is 2.72. The fourth-order valence-electron chi connectivity index (χ4n) is 1.85. The van der Waals surface area contributed by atoms with E-state index in [1.54, 1.807) is 12.3 Å². The Morgan fingerprint density at radius 2 is 2.05 bits per heavy atom. The van der Waals surface area contributed by atoms with Gasteiger partial charge in [-0.25, -0.2) is 13.6 Å². The van der Waals surface area contributed by atoms with Crippen molar-refractivity contribution in [2.75, 3.05) is 23.3 Å². The van der Waals surface area contributed by atoms with E-state index in [0.29, 0.717) is 18.7 Å². The van der Waals surface area contributed by atoms with Crippen LogP contribution < -0.4 is 16.2 Å². The molecule has 1 heterocycles. The summed E-state index contributed by atoms with van der Waals surface area (Å²) in [7, 11) is -3.40. The lowest BCUT2D eigenvalue weighted by molar-refractivity contribution is 0.596. The van der Waals surface area contributed by atoms with Gasteiger partial charge in [0.15, 0.2) is 0 Å². The molecule has 0 radical (unpaired) electrons. The summed E-state index contributed by atoms with van der Waals surface area (Å²) in [6, 6.07) is 7.38. The number of anilines is 2. The lowest BCUT2D eigenvalue weighted by Gasteiger charge is -2.10. The molecule has 0 unspecified atom stereocenters. The van der Waals surface area contributed by atoms with Gasteiger partial charge in [-0.15, -0.1) is 0 Å². The van der Waals surface area contributed by atoms with Crippen molar-refractivity contribution >= 4 is 32.3 Å². The molecule has 2 aromatic rings. The molecule has 19 heavy (non-hydrogen) atoms. The van der Waals surface area contributed by atoms with Crippen LogP contribution in [0.15, 0.2) is 30.5 Å². The van der Waals surface area contributed by atoms with Crippen LogP contribution in [-0.4, -0.2) is 25.7 Å². The normalized spacial score (nSPS) is 11.6. The number of rotatable bonds is 5. The zero-order chi connectivity index (χ0) is 13.9. The molecule has 7 heteroatoms. The van der Waals surface area contributed by atoms with Crippen LogP contribution in [0.4, 0.5) is 11.4 Å². The number of aromatic nitrogens is 1. The van der Waals surface area contributed by atoms with E-state index in [2.05, 4.69) is 10.3 Å². The molecule has 1 aromatic heterocycles. The summed E-state index contributed by atoms with van der Waals surface area (Å²) in [5.41, 5.74) is 8.08. The van der Waals surface area contributed by atoms with Crippen LogP contribution in [0.2, 0.25) is 0 Å². The van der Waals surface area contributed by atoms with E-state index in [1.165, 1.54) is 0 Å². The fraction of sp³-hybridized carbons (Fsp3) is 0.250. The van der Waals surface area contributed by atoms with Crippen molar-refractivity contribution < 1.29 is 8.42 Å². The highest BCUT2D eigenvalue weighted by Crippen LogP contribution is 2.26. The Balaban J connectivity index is 2.11. The number of primary sulfonamides is 1. The van der Waals surface area contributed by atoms with E-state index in [4.69, 9.17) is 10.9 Å². The lowest BCUT2D eigenvalue weighted by atomic mass is 10.1. The second-order valence-corrected chi connectivity index (χ2v) is 5.98. The first-order chi connectivity index (χ1) is 8.97. The Morgan fingerprint density at radius 3 is 2.79 bits per heavy atom. The highest BCUT2D eigenvalue weighted by Gasteiger charge is 2.05. The second kappa shape index (κ2) is 5.41. The molecule has 0 atom stereocenters. The summed E-state index contributed by atoms with van der Waals surface area (Å²) in [6.07, 6.45) is 2.13. The van der Waals surface area contributed by atoms with Gasteiger partial charge in [-0.1, -0.05) is 0 Å².